The fourth-order valence-corrected chi connectivity index (χ4v) is 17.5. The van der Waals surface area contributed by atoms with E-state index >= 15 is 0 Å². The van der Waals surface area contributed by atoms with E-state index in [0.717, 1.165) is 0 Å². The van der Waals surface area contributed by atoms with E-state index in [9.17, 15) is 0 Å². The number of hydrogen-bond donors (Lipinski definition) is 0. The minimum absolute atomic E-state index is 0.208. The molecular formula is C26H60Ge3. The van der Waals surface area contributed by atoms with Crippen molar-refractivity contribution in [3.8, 4) is 0 Å². The fraction of sp³-hybridized carbons (Fsp3) is 1.00. The van der Waals surface area contributed by atoms with E-state index in [0.29, 0.717) is 25.5 Å². The molecule has 0 bridgehead atoms. The summed E-state index contributed by atoms with van der Waals surface area (Å²) in [7, 11) is 0. The van der Waals surface area contributed by atoms with Crippen LogP contribution in [0.1, 0.15) is 125 Å². The van der Waals surface area contributed by atoms with Crippen molar-refractivity contribution in [1.29, 1.82) is 0 Å². The Labute approximate surface area is 204 Å². The third kappa shape index (κ3) is 22.6. The van der Waals surface area contributed by atoms with E-state index in [-0.39, 0.29) is 15.4 Å². The molecule has 3 heteroatoms. The average Bonchev–Trinajstić information content (AvgIpc) is 2.29. The predicted molar refractivity (Wildman–Crippen MR) is 147 cm³/mol. The summed E-state index contributed by atoms with van der Waals surface area (Å²) in [6.45, 7) is 42.7. The van der Waals surface area contributed by atoms with E-state index in [1.165, 1.54) is 0 Å². The Bertz CT molecular complexity index is 354. The maximum absolute atomic E-state index is 2.50. The molecule has 0 N–H and O–H groups in total. The van der Waals surface area contributed by atoms with Gasteiger partial charge in [0, 0.05) is 0 Å². The first-order valence-electron chi connectivity index (χ1n) is 11.5. The van der Waals surface area contributed by atoms with Crippen LogP contribution in [0.2, 0.25) is 37.0 Å². The van der Waals surface area contributed by atoms with Gasteiger partial charge in [0.1, 0.15) is 0 Å². The van der Waals surface area contributed by atoms with Crippen LogP contribution < -0.4 is 0 Å². The Morgan fingerprint density at radius 3 is 0.483 bits per heavy atom. The Morgan fingerprint density at radius 2 is 0.483 bits per heavy atom. The Hall–Kier alpha value is 1.63. The van der Waals surface area contributed by atoms with Crippen molar-refractivity contribution in [2.24, 2.45) is 0 Å². The summed E-state index contributed by atoms with van der Waals surface area (Å²) in [5.74, 6) is 5.00. The van der Waals surface area contributed by atoms with Gasteiger partial charge in [-0.1, -0.05) is 0 Å². The molecule has 0 saturated carbocycles. The Kier molecular flexibility index (Phi) is 14.8. The minimum atomic E-state index is -0.847. The average molecular weight is 591 g/mol. The molecule has 0 aliphatic rings. The fourth-order valence-electron chi connectivity index (χ4n) is 3.38. The quantitative estimate of drug-likeness (QED) is 0.246. The standard InChI is InChI=1S/2C9H21Ge.C8H18Ge/c2*1-8(2,3)10(7)9(4,5)6;1-7(2,3)9-8(4,5)6/h2*1-7H3;1-6H3. The van der Waals surface area contributed by atoms with Crippen LogP contribution in [0.15, 0.2) is 0 Å². The molecule has 4 radical (unpaired) electrons. The summed E-state index contributed by atoms with van der Waals surface area (Å²) >= 11 is -1.49. The van der Waals surface area contributed by atoms with Gasteiger partial charge in [0.2, 0.25) is 0 Å². The molecule has 0 atom stereocenters. The van der Waals surface area contributed by atoms with E-state index < -0.39 is 28.7 Å². The summed E-state index contributed by atoms with van der Waals surface area (Å²) < 4.78 is 3.66. The second-order valence-electron chi connectivity index (χ2n) is 14.9. The zero-order valence-electron chi connectivity index (χ0n) is 24.5. The van der Waals surface area contributed by atoms with Crippen molar-refractivity contribution >= 4 is 44.1 Å². The van der Waals surface area contributed by atoms with E-state index in [2.05, 4.69) is 136 Å². The number of rotatable bonds is 0. The summed E-state index contributed by atoms with van der Waals surface area (Å²) in [6, 6.07) is 0. The van der Waals surface area contributed by atoms with Crippen LogP contribution in [0, 0.1) is 0 Å². The van der Waals surface area contributed by atoms with Gasteiger partial charge in [-0.25, -0.2) is 0 Å². The molecule has 176 valence electrons. The van der Waals surface area contributed by atoms with Crippen molar-refractivity contribution in [1.82, 2.24) is 0 Å². The summed E-state index contributed by atoms with van der Waals surface area (Å²) in [5.41, 5.74) is 0. The number of hydrogen-bond acceptors (Lipinski definition) is 0. The molecule has 0 spiro atoms. The van der Waals surface area contributed by atoms with Crippen molar-refractivity contribution in [3.63, 3.8) is 0 Å². The van der Waals surface area contributed by atoms with Gasteiger partial charge in [-0.05, 0) is 0 Å². The van der Waals surface area contributed by atoms with Crippen LogP contribution in [0.5, 0.6) is 0 Å². The first-order valence-corrected chi connectivity index (χ1v) is 22.0. The first-order chi connectivity index (χ1) is 12.0. The van der Waals surface area contributed by atoms with Crippen molar-refractivity contribution < 1.29 is 0 Å². The molecule has 0 aliphatic carbocycles. The summed E-state index contributed by atoms with van der Waals surface area (Å²) in [6.07, 6.45) is 0. The molecule has 0 aliphatic heterocycles. The van der Waals surface area contributed by atoms with E-state index in [1.54, 1.807) is 0 Å². The van der Waals surface area contributed by atoms with Crippen LogP contribution in [0.4, 0.5) is 0 Å². The molecule has 0 nitrogen and oxygen atoms in total. The Morgan fingerprint density at radius 1 is 0.345 bits per heavy atom. The zero-order chi connectivity index (χ0) is 24.9. The molecule has 0 rings (SSSR count). The van der Waals surface area contributed by atoms with Crippen LogP contribution in [-0.2, 0) is 0 Å². The molecule has 29 heavy (non-hydrogen) atoms. The topological polar surface area (TPSA) is 0 Å². The molecule has 0 aromatic rings. The van der Waals surface area contributed by atoms with Gasteiger partial charge < -0.3 is 0 Å². The van der Waals surface area contributed by atoms with Crippen molar-refractivity contribution in [3.05, 3.63) is 0 Å². The Balaban J connectivity index is -0.000000350. The van der Waals surface area contributed by atoms with E-state index in [1.807, 2.05) is 0 Å². The van der Waals surface area contributed by atoms with E-state index in [4.69, 9.17) is 0 Å². The molecule has 0 saturated heterocycles. The van der Waals surface area contributed by atoms with Gasteiger partial charge in [-0.3, -0.25) is 0 Å². The zero-order valence-corrected chi connectivity index (χ0v) is 30.8. The monoisotopic (exact) mass is 594 g/mol. The van der Waals surface area contributed by atoms with Crippen LogP contribution in [0.25, 0.3) is 0 Å². The molecule has 0 aromatic carbocycles. The maximum atomic E-state index is 2.50. The van der Waals surface area contributed by atoms with Crippen molar-refractivity contribution in [2.45, 2.75) is 162 Å². The van der Waals surface area contributed by atoms with Crippen LogP contribution >= 0.6 is 0 Å². The predicted octanol–water partition coefficient (Wildman–Crippen LogP) is 10.5. The van der Waals surface area contributed by atoms with Gasteiger partial charge in [-0.15, -0.1) is 0 Å². The molecule has 0 amide bonds. The second-order valence-corrected chi connectivity index (χ2v) is 39.5. The van der Waals surface area contributed by atoms with Gasteiger partial charge >= 0.3 is 206 Å². The van der Waals surface area contributed by atoms with Crippen molar-refractivity contribution in [2.75, 3.05) is 0 Å². The first kappa shape index (κ1) is 35.2. The normalized spacial score (nSPS) is 14.3. The third-order valence-corrected chi connectivity index (χ3v) is 27.3. The molecule has 0 fully saturated rings. The van der Waals surface area contributed by atoms with Gasteiger partial charge in [0.25, 0.3) is 0 Å². The molecule has 0 unspecified atom stereocenters. The summed E-state index contributed by atoms with van der Waals surface area (Å²) in [5, 5.41) is 0. The molecule has 0 heterocycles. The molecular weight excluding hydrogens is 530 g/mol. The van der Waals surface area contributed by atoms with Gasteiger partial charge in [0.15, 0.2) is 0 Å². The van der Waals surface area contributed by atoms with Gasteiger partial charge in [-0.2, -0.15) is 0 Å². The second kappa shape index (κ2) is 12.2. The van der Waals surface area contributed by atoms with Crippen LogP contribution in [0.3, 0.4) is 0 Å². The SMILES string of the molecule is C[C](C)(C)[Ge][C](C)(C)C.[CH3][Ge]([C](C)(C)C)[C](C)(C)C.[CH3][Ge]([C](C)(C)C)[C](C)(C)C. The van der Waals surface area contributed by atoms with Gasteiger partial charge in [0.05, 0.1) is 0 Å². The summed E-state index contributed by atoms with van der Waals surface area (Å²) in [4.78, 5) is 0. The van der Waals surface area contributed by atoms with Crippen LogP contribution in [-0.4, -0.2) is 44.1 Å². The third-order valence-electron chi connectivity index (χ3n) is 5.25. The molecule has 0 aromatic heterocycles.